The molecule has 1 unspecified atom stereocenters. The minimum atomic E-state index is -4.31. The number of rotatable bonds is 11. The van der Waals surface area contributed by atoms with Crippen LogP contribution in [0.1, 0.15) is 19.4 Å². The number of halogens is 1. The second-order valence-electron chi connectivity index (χ2n) is 8.22. The molecule has 3 rings (SSSR count). The maximum absolute atomic E-state index is 14.8. The van der Waals surface area contributed by atoms with Crippen molar-refractivity contribution >= 4 is 27.5 Å². The number of nitrogens with zero attached hydrogens (tertiary/aromatic N) is 2. The van der Waals surface area contributed by atoms with Crippen molar-refractivity contribution in [2.75, 3.05) is 24.5 Å². The molecular formula is C27H30FN3O5S. The van der Waals surface area contributed by atoms with Gasteiger partial charge in [-0.1, -0.05) is 42.5 Å². The van der Waals surface area contributed by atoms with Gasteiger partial charge in [-0.2, -0.15) is 0 Å². The van der Waals surface area contributed by atoms with Crippen molar-refractivity contribution < 1.29 is 27.1 Å². The summed E-state index contributed by atoms with van der Waals surface area (Å²) < 4.78 is 47.9. The molecule has 3 aromatic carbocycles. The lowest BCUT2D eigenvalue weighted by Crippen LogP contribution is -2.51. The molecule has 0 saturated carbocycles. The van der Waals surface area contributed by atoms with E-state index in [9.17, 15) is 22.4 Å². The third kappa shape index (κ3) is 6.65. The second-order valence-corrected chi connectivity index (χ2v) is 10.1. The van der Waals surface area contributed by atoms with Gasteiger partial charge in [-0.25, -0.2) is 12.8 Å². The van der Waals surface area contributed by atoms with Crippen molar-refractivity contribution in [1.82, 2.24) is 10.2 Å². The van der Waals surface area contributed by atoms with Gasteiger partial charge in [0.1, 0.15) is 24.2 Å². The van der Waals surface area contributed by atoms with Gasteiger partial charge in [0.2, 0.25) is 11.8 Å². The summed E-state index contributed by atoms with van der Waals surface area (Å²) >= 11 is 0. The van der Waals surface area contributed by atoms with Crippen molar-refractivity contribution in [3.8, 4) is 5.75 Å². The minimum Gasteiger partial charge on any atom is -0.497 e. The SMILES string of the molecule is CCNC(=O)C(C)N(Cc1ccc(OC)cc1)C(=O)CN(c1ccccc1F)S(=O)(=O)c1ccccc1. The van der Waals surface area contributed by atoms with E-state index in [1.807, 2.05) is 0 Å². The van der Waals surface area contributed by atoms with Crippen LogP contribution in [-0.4, -0.2) is 51.4 Å². The summed E-state index contributed by atoms with van der Waals surface area (Å²) in [6, 6.07) is 18.9. The van der Waals surface area contributed by atoms with Gasteiger partial charge in [0.25, 0.3) is 10.0 Å². The Hall–Kier alpha value is -3.92. The van der Waals surface area contributed by atoms with Crippen molar-refractivity contribution in [2.45, 2.75) is 31.3 Å². The van der Waals surface area contributed by atoms with Crippen LogP contribution in [0.15, 0.2) is 83.8 Å². The van der Waals surface area contributed by atoms with E-state index in [0.29, 0.717) is 17.9 Å². The van der Waals surface area contributed by atoms with Gasteiger partial charge in [-0.3, -0.25) is 13.9 Å². The summed E-state index contributed by atoms with van der Waals surface area (Å²) in [5.41, 5.74) is 0.434. The Labute approximate surface area is 216 Å². The quantitative estimate of drug-likeness (QED) is 0.411. The van der Waals surface area contributed by atoms with Gasteiger partial charge in [-0.15, -0.1) is 0 Å². The summed E-state index contributed by atoms with van der Waals surface area (Å²) in [7, 11) is -2.78. The lowest BCUT2D eigenvalue weighted by Gasteiger charge is -2.32. The fourth-order valence-electron chi connectivity index (χ4n) is 3.72. The maximum atomic E-state index is 14.8. The molecule has 8 nitrogen and oxygen atoms in total. The van der Waals surface area contributed by atoms with Crippen LogP contribution >= 0.6 is 0 Å². The maximum Gasteiger partial charge on any atom is 0.264 e. The van der Waals surface area contributed by atoms with Gasteiger partial charge in [0.15, 0.2) is 0 Å². The highest BCUT2D eigenvalue weighted by molar-refractivity contribution is 7.92. The first-order chi connectivity index (χ1) is 17.7. The standard InChI is InChI=1S/C27H30FN3O5S/c1-4-29-27(33)20(2)30(18-21-14-16-22(36-3)17-15-21)26(32)19-31(25-13-9-8-12-24(25)28)37(34,35)23-10-6-5-7-11-23/h5-17,20H,4,18-19H2,1-3H3,(H,29,33). The smallest absolute Gasteiger partial charge is 0.264 e. The highest BCUT2D eigenvalue weighted by Crippen LogP contribution is 2.27. The first-order valence-electron chi connectivity index (χ1n) is 11.7. The Kier molecular flexibility index (Phi) is 9.24. The Bertz CT molecular complexity index is 1320. The van der Waals surface area contributed by atoms with E-state index >= 15 is 0 Å². The average Bonchev–Trinajstić information content (AvgIpc) is 2.91. The number of nitrogens with one attached hydrogen (secondary N) is 1. The lowest BCUT2D eigenvalue weighted by molar-refractivity contribution is -0.139. The fourth-order valence-corrected chi connectivity index (χ4v) is 5.16. The number of para-hydroxylation sites is 1. The zero-order chi connectivity index (χ0) is 27.0. The third-order valence-corrected chi connectivity index (χ3v) is 7.54. The molecule has 0 bridgehead atoms. The summed E-state index contributed by atoms with van der Waals surface area (Å²) in [6.07, 6.45) is 0. The number of sulfonamides is 1. The van der Waals surface area contributed by atoms with Crippen LogP contribution < -0.4 is 14.4 Å². The van der Waals surface area contributed by atoms with Crippen LogP contribution in [0.3, 0.4) is 0 Å². The molecule has 196 valence electrons. The van der Waals surface area contributed by atoms with E-state index in [1.165, 1.54) is 42.3 Å². The third-order valence-electron chi connectivity index (χ3n) is 5.76. The van der Waals surface area contributed by atoms with E-state index < -0.39 is 40.2 Å². The zero-order valence-corrected chi connectivity index (χ0v) is 21.7. The predicted molar refractivity (Wildman–Crippen MR) is 139 cm³/mol. The van der Waals surface area contributed by atoms with E-state index in [-0.39, 0.29) is 17.1 Å². The highest BCUT2D eigenvalue weighted by atomic mass is 32.2. The largest absolute Gasteiger partial charge is 0.497 e. The van der Waals surface area contributed by atoms with Crippen molar-refractivity contribution in [1.29, 1.82) is 0 Å². The van der Waals surface area contributed by atoms with Crippen molar-refractivity contribution in [3.63, 3.8) is 0 Å². The summed E-state index contributed by atoms with van der Waals surface area (Å²) in [6.45, 7) is 2.99. The zero-order valence-electron chi connectivity index (χ0n) is 20.9. The molecule has 3 aromatic rings. The Morgan fingerprint density at radius 1 is 0.973 bits per heavy atom. The average molecular weight is 528 g/mol. The molecule has 10 heteroatoms. The number of hydrogen-bond acceptors (Lipinski definition) is 5. The molecule has 37 heavy (non-hydrogen) atoms. The molecular weight excluding hydrogens is 497 g/mol. The van der Waals surface area contributed by atoms with Gasteiger partial charge in [-0.05, 0) is 55.8 Å². The van der Waals surface area contributed by atoms with Gasteiger partial charge < -0.3 is 15.0 Å². The molecule has 1 atom stereocenters. The fraction of sp³-hybridized carbons (Fsp3) is 0.259. The Morgan fingerprint density at radius 2 is 1.59 bits per heavy atom. The van der Waals surface area contributed by atoms with E-state index in [1.54, 1.807) is 56.3 Å². The van der Waals surface area contributed by atoms with E-state index in [4.69, 9.17) is 4.74 Å². The van der Waals surface area contributed by atoms with Crippen LogP contribution in [0.25, 0.3) is 0 Å². The number of hydrogen-bond donors (Lipinski definition) is 1. The van der Waals surface area contributed by atoms with E-state index in [0.717, 1.165) is 10.4 Å². The number of benzene rings is 3. The minimum absolute atomic E-state index is 0.0254. The summed E-state index contributed by atoms with van der Waals surface area (Å²) in [4.78, 5) is 27.6. The first-order valence-corrected chi connectivity index (χ1v) is 13.2. The normalized spacial score (nSPS) is 11.9. The molecule has 2 amide bonds. The topological polar surface area (TPSA) is 96.0 Å². The van der Waals surface area contributed by atoms with Crippen LogP contribution in [0.4, 0.5) is 10.1 Å². The van der Waals surface area contributed by atoms with Crippen molar-refractivity contribution in [3.05, 3.63) is 90.2 Å². The number of anilines is 1. The Morgan fingerprint density at radius 3 is 2.19 bits per heavy atom. The molecule has 0 saturated heterocycles. The van der Waals surface area contributed by atoms with Crippen LogP contribution in [0, 0.1) is 5.82 Å². The van der Waals surface area contributed by atoms with E-state index in [2.05, 4.69) is 5.32 Å². The van der Waals surface area contributed by atoms with Crippen LogP contribution in [0.5, 0.6) is 5.75 Å². The Balaban J connectivity index is 2.01. The van der Waals surface area contributed by atoms with Crippen LogP contribution in [0.2, 0.25) is 0 Å². The number of amides is 2. The van der Waals surface area contributed by atoms with Gasteiger partial charge >= 0.3 is 0 Å². The highest BCUT2D eigenvalue weighted by Gasteiger charge is 2.33. The van der Waals surface area contributed by atoms with Crippen LogP contribution in [-0.2, 0) is 26.2 Å². The lowest BCUT2D eigenvalue weighted by atomic mass is 10.1. The molecule has 0 spiro atoms. The number of ether oxygens (including phenoxy) is 1. The predicted octanol–water partition coefficient (Wildman–Crippen LogP) is 3.58. The molecule has 0 fully saturated rings. The summed E-state index contributed by atoms with van der Waals surface area (Å²) in [5.74, 6) is -1.24. The second kappa shape index (κ2) is 12.4. The van der Waals surface area contributed by atoms with Gasteiger partial charge in [0, 0.05) is 13.1 Å². The molecule has 0 radical (unpaired) electrons. The molecule has 0 aliphatic heterocycles. The molecule has 0 heterocycles. The van der Waals surface area contributed by atoms with Gasteiger partial charge in [0.05, 0.1) is 17.7 Å². The number of likely N-dealkylation sites (N-methyl/N-ethyl adjacent to an activating group) is 1. The molecule has 0 aliphatic carbocycles. The number of carbonyl (C=O) groups is 2. The number of carbonyl (C=O) groups excluding carboxylic acids is 2. The van der Waals surface area contributed by atoms with Crippen molar-refractivity contribution in [2.24, 2.45) is 0 Å². The molecule has 0 aliphatic rings. The first kappa shape index (κ1) is 27.7. The number of methoxy groups -OCH3 is 1. The monoisotopic (exact) mass is 527 g/mol. The summed E-state index contributed by atoms with van der Waals surface area (Å²) in [5, 5.41) is 2.69. The molecule has 1 N–H and O–H groups in total. The molecule has 0 aromatic heterocycles.